The summed E-state index contributed by atoms with van der Waals surface area (Å²) in [7, 11) is 0. The van der Waals surface area contributed by atoms with Gasteiger partial charge in [0.2, 0.25) is 11.7 Å². The summed E-state index contributed by atoms with van der Waals surface area (Å²) in [6.45, 7) is 2.06. The molecule has 0 aliphatic heterocycles. The van der Waals surface area contributed by atoms with Crippen molar-refractivity contribution in [3.63, 3.8) is 0 Å². The lowest BCUT2D eigenvalue weighted by molar-refractivity contribution is 0.0661. The first kappa shape index (κ1) is 11.5. The molecule has 4 nitrogen and oxygen atoms in total. The number of aromatic carboxylic acids is 1. The van der Waals surface area contributed by atoms with Crippen molar-refractivity contribution in [1.29, 1.82) is 0 Å². The van der Waals surface area contributed by atoms with Crippen LogP contribution in [0.2, 0.25) is 0 Å². The van der Waals surface area contributed by atoms with Crippen molar-refractivity contribution in [2.75, 3.05) is 0 Å². The molecule has 2 aromatic heterocycles. The number of aryl methyl sites for hydroxylation is 1. The molecule has 1 N–H and O–H groups in total. The number of nitrogens with zero attached hydrogens (tertiary/aromatic N) is 1. The van der Waals surface area contributed by atoms with Crippen LogP contribution in [-0.2, 0) is 6.42 Å². The van der Waals surface area contributed by atoms with Crippen LogP contribution in [0, 0.1) is 0 Å². The van der Waals surface area contributed by atoms with Crippen LogP contribution < -0.4 is 0 Å². The van der Waals surface area contributed by atoms with Crippen molar-refractivity contribution in [2.45, 2.75) is 32.1 Å². The molecule has 3 rings (SSSR count). The van der Waals surface area contributed by atoms with Gasteiger partial charge in [-0.3, -0.25) is 0 Å². The highest BCUT2D eigenvalue weighted by atomic mass is 32.1. The van der Waals surface area contributed by atoms with Gasteiger partial charge in [-0.1, -0.05) is 6.92 Å². The molecule has 1 aliphatic carbocycles. The molecule has 0 atom stereocenters. The number of carboxylic acid groups (broad SMARTS) is 1. The maximum atomic E-state index is 11.2. The standard InChI is InChI=1S/C13H13NO3S/c1-2-7-5-6-18-11(7)12-14-9(8-3-4-8)10(17-12)13(15)16/h5-6,8H,2-4H2,1H3,(H,15,16). The fourth-order valence-electron chi connectivity index (χ4n) is 2.02. The second-order valence-electron chi connectivity index (χ2n) is 4.44. The van der Waals surface area contributed by atoms with Gasteiger partial charge < -0.3 is 9.52 Å². The Bertz CT molecular complexity index is 595. The fraction of sp³-hybridized carbons (Fsp3) is 0.385. The van der Waals surface area contributed by atoms with E-state index in [2.05, 4.69) is 11.9 Å². The van der Waals surface area contributed by atoms with Crippen molar-refractivity contribution in [3.8, 4) is 10.8 Å². The van der Waals surface area contributed by atoms with E-state index in [1.54, 1.807) is 11.3 Å². The highest BCUT2D eigenvalue weighted by Crippen LogP contribution is 2.43. The molecule has 2 aromatic rings. The summed E-state index contributed by atoms with van der Waals surface area (Å²) in [5.74, 6) is -0.270. The molecule has 0 aromatic carbocycles. The summed E-state index contributed by atoms with van der Waals surface area (Å²) in [6.07, 6.45) is 2.91. The first-order valence-electron chi connectivity index (χ1n) is 6.01. The third-order valence-electron chi connectivity index (χ3n) is 3.13. The lowest BCUT2D eigenvalue weighted by Crippen LogP contribution is -1.98. The van der Waals surface area contributed by atoms with Gasteiger partial charge in [-0.15, -0.1) is 11.3 Å². The minimum Gasteiger partial charge on any atom is -0.475 e. The van der Waals surface area contributed by atoms with Crippen LogP contribution in [0.5, 0.6) is 0 Å². The summed E-state index contributed by atoms with van der Waals surface area (Å²) in [5.41, 5.74) is 1.77. The van der Waals surface area contributed by atoms with Gasteiger partial charge >= 0.3 is 5.97 Å². The van der Waals surface area contributed by atoms with Crippen LogP contribution in [0.15, 0.2) is 15.9 Å². The number of oxazole rings is 1. The van der Waals surface area contributed by atoms with Crippen molar-refractivity contribution in [1.82, 2.24) is 4.98 Å². The second-order valence-corrected chi connectivity index (χ2v) is 5.36. The zero-order valence-electron chi connectivity index (χ0n) is 9.97. The molecule has 0 radical (unpaired) electrons. The van der Waals surface area contributed by atoms with Gasteiger partial charge in [-0.05, 0) is 36.3 Å². The van der Waals surface area contributed by atoms with Crippen LogP contribution in [0.25, 0.3) is 10.8 Å². The van der Waals surface area contributed by atoms with Crippen molar-refractivity contribution in [3.05, 3.63) is 28.5 Å². The molecule has 0 amide bonds. The second kappa shape index (κ2) is 4.24. The fourth-order valence-corrected chi connectivity index (χ4v) is 2.94. The molecular formula is C13H13NO3S. The normalized spacial score (nSPS) is 14.9. The SMILES string of the molecule is CCc1ccsc1-c1nc(C2CC2)c(C(=O)O)o1. The monoisotopic (exact) mass is 263 g/mol. The van der Waals surface area contributed by atoms with E-state index in [9.17, 15) is 4.79 Å². The molecule has 0 bridgehead atoms. The summed E-state index contributed by atoms with van der Waals surface area (Å²) >= 11 is 1.54. The van der Waals surface area contributed by atoms with E-state index in [1.165, 1.54) is 0 Å². The van der Waals surface area contributed by atoms with Crippen LogP contribution >= 0.6 is 11.3 Å². The van der Waals surface area contributed by atoms with Crippen molar-refractivity contribution >= 4 is 17.3 Å². The first-order valence-corrected chi connectivity index (χ1v) is 6.89. The quantitative estimate of drug-likeness (QED) is 0.916. The van der Waals surface area contributed by atoms with Gasteiger partial charge in [0.15, 0.2) is 0 Å². The average Bonchev–Trinajstić information content (AvgIpc) is 2.94. The Balaban J connectivity index is 2.08. The highest BCUT2D eigenvalue weighted by Gasteiger charge is 2.34. The minimum absolute atomic E-state index is 0.0166. The number of carboxylic acids is 1. The summed E-state index contributed by atoms with van der Waals surface area (Å²) in [6, 6.07) is 2.03. The van der Waals surface area contributed by atoms with Crippen molar-refractivity contribution < 1.29 is 14.3 Å². The summed E-state index contributed by atoms with van der Waals surface area (Å²) < 4.78 is 5.46. The minimum atomic E-state index is -1.02. The van der Waals surface area contributed by atoms with E-state index in [1.807, 2.05) is 11.4 Å². The van der Waals surface area contributed by atoms with E-state index >= 15 is 0 Å². The van der Waals surface area contributed by atoms with Crippen LogP contribution in [0.3, 0.4) is 0 Å². The van der Waals surface area contributed by atoms with Gasteiger partial charge in [0.1, 0.15) is 0 Å². The third kappa shape index (κ3) is 1.84. The lowest BCUT2D eigenvalue weighted by atomic mass is 10.2. The van der Waals surface area contributed by atoms with E-state index in [4.69, 9.17) is 9.52 Å². The number of rotatable bonds is 4. The molecule has 1 fully saturated rings. The summed E-state index contributed by atoms with van der Waals surface area (Å²) in [4.78, 5) is 16.5. The Morgan fingerprint density at radius 1 is 1.61 bits per heavy atom. The van der Waals surface area contributed by atoms with E-state index in [0.29, 0.717) is 11.6 Å². The maximum Gasteiger partial charge on any atom is 0.373 e. The van der Waals surface area contributed by atoms with Gasteiger partial charge in [0, 0.05) is 5.92 Å². The molecular weight excluding hydrogens is 250 g/mol. The van der Waals surface area contributed by atoms with Crippen molar-refractivity contribution in [2.24, 2.45) is 0 Å². The molecule has 1 saturated carbocycles. The van der Waals surface area contributed by atoms with Crippen LogP contribution in [0.4, 0.5) is 0 Å². The zero-order valence-corrected chi connectivity index (χ0v) is 10.8. The molecule has 2 heterocycles. The smallest absolute Gasteiger partial charge is 0.373 e. The Labute approximate surface area is 108 Å². The maximum absolute atomic E-state index is 11.2. The van der Waals surface area contributed by atoms with Crippen LogP contribution in [0.1, 0.15) is 47.5 Å². The molecule has 18 heavy (non-hydrogen) atoms. The lowest BCUT2D eigenvalue weighted by Gasteiger charge is -1.94. The van der Waals surface area contributed by atoms with E-state index in [-0.39, 0.29) is 11.7 Å². The molecule has 5 heteroatoms. The number of hydrogen-bond donors (Lipinski definition) is 1. The topological polar surface area (TPSA) is 63.3 Å². The molecule has 0 unspecified atom stereocenters. The third-order valence-corrected chi connectivity index (χ3v) is 4.08. The van der Waals surface area contributed by atoms with Crippen LogP contribution in [-0.4, -0.2) is 16.1 Å². The predicted molar refractivity (Wildman–Crippen MR) is 68.1 cm³/mol. The Hall–Kier alpha value is -1.62. The molecule has 0 spiro atoms. The Morgan fingerprint density at radius 3 is 3.00 bits per heavy atom. The summed E-state index contributed by atoms with van der Waals surface area (Å²) in [5, 5.41) is 11.1. The first-order chi connectivity index (χ1) is 8.70. The average molecular weight is 263 g/mol. The number of thiophene rings is 1. The number of carbonyl (C=O) groups is 1. The van der Waals surface area contributed by atoms with Gasteiger partial charge in [-0.2, -0.15) is 0 Å². The van der Waals surface area contributed by atoms with Gasteiger partial charge in [0.25, 0.3) is 0 Å². The largest absolute Gasteiger partial charge is 0.475 e. The number of aromatic nitrogens is 1. The highest BCUT2D eigenvalue weighted by molar-refractivity contribution is 7.13. The zero-order chi connectivity index (χ0) is 12.7. The Morgan fingerprint density at radius 2 is 2.39 bits per heavy atom. The van der Waals surface area contributed by atoms with E-state index < -0.39 is 5.97 Å². The molecule has 1 aliphatic rings. The van der Waals surface area contributed by atoms with Gasteiger partial charge in [0.05, 0.1) is 10.6 Å². The van der Waals surface area contributed by atoms with E-state index in [0.717, 1.165) is 29.7 Å². The number of hydrogen-bond acceptors (Lipinski definition) is 4. The Kier molecular flexibility index (Phi) is 2.70. The molecule has 0 saturated heterocycles. The van der Waals surface area contributed by atoms with Gasteiger partial charge in [-0.25, -0.2) is 9.78 Å². The predicted octanol–water partition coefficient (Wildman–Crippen LogP) is 3.54. The molecule has 94 valence electrons.